The molecule has 0 aromatic rings. The molecule has 0 radical (unpaired) electrons. The molecule has 2 nitrogen and oxygen atoms in total. The summed E-state index contributed by atoms with van der Waals surface area (Å²) in [6.45, 7) is 0. The van der Waals surface area contributed by atoms with Gasteiger partial charge in [-0.25, -0.2) is 0 Å². The summed E-state index contributed by atoms with van der Waals surface area (Å²) in [5.41, 5.74) is 6.44. The number of rotatable bonds is 3. The van der Waals surface area contributed by atoms with Crippen molar-refractivity contribution in [1.82, 2.24) is 0 Å². The van der Waals surface area contributed by atoms with E-state index >= 15 is 0 Å². The predicted octanol–water partition coefficient (Wildman–Crippen LogP) is 4.54. The summed E-state index contributed by atoms with van der Waals surface area (Å²) >= 11 is 0. The highest BCUT2D eigenvalue weighted by molar-refractivity contribution is 7.85. The van der Waals surface area contributed by atoms with Gasteiger partial charge in [0.15, 0.2) is 0 Å². The first-order chi connectivity index (χ1) is 10.3. The van der Waals surface area contributed by atoms with Crippen molar-refractivity contribution < 1.29 is 4.21 Å². The summed E-state index contributed by atoms with van der Waals surface area (Å²) < 4.78 is 12.8. The maximum atomic E-state index is 12.8. The molecule has 3 unspecified atom stereocenters. The van der Waals surface area contributed by atoms with Gasteiger partial charge in [-0.3, -0.25) is 4.21 Å². The standard InChI is InChI=1S/C18H35NOS/c19-17-13-7-5-3-1-2-4-6-8-14-18(17)21(20)15-16-11-9-10-12-16/h16-18H,1-15,19H2. The number of hydrogen-bond donors (Lipinski definition) is 1. The second-order valence-electron chi connectivity index (χ2n) is 7.31. The molecule has 2 saturated carbocycles. The van der Waals surface area contributed by atoms with Gasteiger partial charge in [0.25, 0.3) is 0 Å². The molecule has 2 rings (SSSR count). The molecule has 0 aromatic heterocycles. The fourth-order valence-corrected chi connectivity index (χ4v) is 6.05. The minimum atomic E-state index is -0.694. The fourth-order valence-electron chi connectivity index (χ4n) is 4.05. The molecule has 0 saturated heterocycles. The van der Waals surface area contributed by atoms with Gasteiger partial charge in [0, 0.05) is 27.8 Å². The topological polar surface area (TPSA) is 43.1 Å². The van der Waals surface area contributed by atoms with Crippen molar-refractivity contribution in [2.75, 3.05) is 5.75 Å². The average molecular weight is 314 g/mol. The van der Waals surface area contributed by atoms with Gasteiger partial charge in [0.1, 0.15) is 0 Å². The molecule has 0 aromatic carbocycles. The lowest BCUT2D eigenvalue weighted by Gasteiger charge is -2.25. The number of hydrogen-bond acceptors (Lipinski definition) is 2. The SMILES string of the molecule is NC1CCCCCCCCCCC1S(=O)CC1CCCC1. The monoisotopic (exact) mass is 313 g/mol. The van der Waals surface area contributed by atoms with Gasteiger partial charge in [-0.2, -0.15) is 0 Å². The Morgan fingerprint density at radius 1 is 0.714 bits per heavy atom. The van der Waals surface area contributed by atoms with Crippen molar-refractivity contribution in [3.8, 4) is 0 Å². The molecule has 2 fully saturated rings. The van der Waals surface area contributed by atoms with Crippen molar-refractivity contribution in [2.24, 2.45) is 11.7 Å². The van der Waals surface area contributed by atoms with E-state index in [1.165, 1.54) is 77.0 Å². The van der Waals surface area contributed by atoms with E-state index in [9.17, 15) is 4.21 Å². The zero-order valence-electron chi connectivity index (χ0n) is 13.7. The van der Waals surface area contributed by atoms with Crippen LogP contribution in [0.1, 0.15) is 89.9 Å². The van der Waals surface area contributed by atoms with Gasteiger partial charge in [-0.05, 0) is 31.6 Å². The van der Waals surface area contributed by atoms with E-state index in [4.69, 9.17) is 5.73 Å². The van der Waals surface area contributed by atoms with Crippen LogP contribution in [0.2, 0.25) is 0 Å². The minimum Gasteiger partial charge on any atom is -0.327 e. The van der Waals surface area contributed by atoms with Crippen molar-refractivity contribution in [2.45, 2.75) is 101 Å². The molecule has 3 atom stereocenters. The Morgan fingerprint density at radius 3 is 1.81 bits per heavy atom. The van der Waals surface area contributed by atoms with Crippen LogP contribution in [-0.4, -0.2) is 21.3 Å². The summed E-state index contributed by atoms with van der Waals surface area (Å²) in [5.74, 6) is 1.65. The van der Waals surface area contributed by atoms with E-state index in [0.717, 1.165) is 24.5 Å². The van der Waals surface area contributed by atoms with Crippen LogP contribution in [0.4, 0.5) is 0 Å². The van der Waals surface area contributed by atoms with Crippen molar-refractivity contribution in [3.05, 3.63) is 0 Å². The van der Waals surface area contributed by atoms with Crippen molar-refractivity contribution in [3.63, 3.8) is 0 Å². The van der Waals surface area contributed by atoms with Crippen molar-refractivity contribution in [1.29, 1.82) is 0 Å². The lowest BCUT2D eigenvalue weighted by Crippen LogP contribution is -2.39. The molecular weight excluding hydrogens is 278 g/mol. The zero-order valence-corrected chi connectivity index (χ0v) is 14.5. The van der Waals surface area contributed by atoms with Crippen LogP contribution in [0.15, 0.2) is 0 Å². The van der Waals surface area contributed by atoms with Crippen LogP contribution < -0.4 is 5.73 Å². The Labute approximate surface area is 134 Å². The lowest BCUT2D eigenvalue weighted by atomic mass is 9.98. The summed E-state index contributed by atoms with van der Waals surface area (Å²) in [6.07, 6.45) is 18.1. The van der Waals surface area contributed by atoms with Crippen LogP contribution in [0, 0.1) is 5.92 Å². The molecule has 2 aliphatic rings. The molecule has 0 bridgehead atoms. The quantitative estimate of drug-likeness (QED) is 0.831. The largest absolute Gasteiger partial charge is 0.327 e. The molecule has 21 heavy (non-hydrogen) atoms. The Morgan fingerprint density at radius 2 is 1.19 bits per heavy atom. The molecule has 3 heteroatoms. The van der Waals surface area contributed by atoms with Crippen molar-refractivity contribution >= 4 is 10.8 Å². The Kier molecular flexibility index (Phi) is 8.31. The van der Waals surface area contributed by atoms with Gasteiger partial charge < -0.3 is 5.73 Å². The molecule has 2 N–H and O–H groups in total. The van der Waals surface area contributed by atoms with E-state index in [0.29, 0.717) is 0 Å². The Hall–Kier alpha value is 0.110. The molecule has 0 heterocycles. The third kappa shape index (κ3) is 6.40. The van der Waals surface area contributed by atoms with E-state index in [1.807, 2.05) is 0 Å². The summed E-state index contributed by atoms with van der Waals surface area (Å²) in [7, 11) is -0.694. The molecule has 0 amide bonds. The van der Waals surface area contributed by atoms with Gasteiger partial charge in [-0.15, -0.1) is 0 Å². The summed E-state index contributed by atoms with van der Waals surface area (Å²) in [4.78, 5) is 0. The summed E-state index contributed by atoms with van der Waals surface area (Å²) in [6, 6.07) is 0.173. The normalized spacial score (nSPS) is 32.2. The van der Waals surface area contributed by atoms with Crippen LogP contribution in [-0.2, 0) is 10.8 Å². The molecule has 2 aliphatic carbocycles. The van der Waals surface area contributed by atoms with Gasteiger partial charge >= 0.3 is 0 Å². The zero-order chi connectivity index (χ0) is 14.9. The van der Waals surface area contributed by atoms with Crippen LogP contribution in [0.5, 0.6) is 0 Å². The molecule has 0 spiro atoms. The maximum Gasteiger partial charge on any atom is 0.0499 e. The third-order valence-corrected chi connectivity index (χ3v) is 7.53. The fraction of sp³-hybridized carbons (Fsp3) is 1.00. The van der Waals surface area contributed by atoms with Gasteiger partial charge in [-0.1, -0.05) is 64.2 Å². The van der Waals surface area contributed by atoms with Crippen LogP contribution >= 0.6 is 0 Å². The first kappa shape index (κ1) is 17.5. The van der Waals surface area contributed by atoms with Gasteiger partial charge in [0.2, 0.25) is 0 Å². The van der Waals surface area contributed by atoms with E-state index < -0.39 is 10.8 Å². The third-order valence-electron chi connectivity index (χ3n) is 5.47. The van der Waals surface area contributed by atoms with Gasteiger partial charge in [0.05, 0.1) is 0 Å². The maximum absolute atomic E-state index is 12.8. The first-order valence-electron chi connectivity index (χ1n) is 9.40. The molecule has 124 valence electrons. The highest BCUT2D eigenvalue weighted by Crippen LogP contribution is 2.28. The average Bonchev–Trinajstić information content (AvgIpc) is 2.95. The smallest absolute Gasteiger partial charge is 0.0499 e. The second kappa shape index (κ2) is 9.99. The predicted molar refractivity (Wildman–Crippen MR) is 92.9 cm³/mol. The van der Waals surface area contributed by atoms with E-state index in [2.05, 4.69) is 0 Å². The minimum absolute atomic E-state index is 0.173. The summed E-state index contributed by atoms with van der Waals surface area (Å²) in [5, 5.41) is 0.269. The molecule has 0 aliphatic heterocycles. The Bertz CT molecular complexity index is 302. The van der Waals surface area contributed by atoms with Crippen LogP contribution in [0.3, 0.4) is 0 Å². The Balaban J connectivity index is 1.85. The number of nitrogens with two attached hydrogens (primary N) is 1. The van der Waals surface area contributed by atoms with E-state index in [1.54, 1.807) is 0 Å². The second-order valence-corrected chi connectivity index (χ2v) is 9.01. The first-order valence-corrected chi connectivity index (χ1v) is 10.8. The lowest BCUT2D eigenvalue weighted by molar-refractivity contribution is 0.465. The van der Waals surface area contributed by atoms with Crippen LogP contribution in [0.25, 0.3) is 0 Å². The van der Waals surface area contributed by atoms with E-state index in [-0.39, 0.29) is 11.3 Å². The molecular formula is C18H35NOS. The highest BCUT2D eigenvalue weighted by atomic mass is 32.2. The highest BCUT2D eigenvalue weighted by Gasteiger charge is 2.27.